The number of hydrogen-bond donors (Lipinski definition) is 2. The molecule has 0 unspecified atom stereocenters. The van der Waals surface area contributed by atoms with E-state index in [1.165, 1.54) is 19.3 Å². The summed E-state index contributed by atoms with van der Waals surface area (Å²) in [6.45, 7) is 2.94. The monoisotopic (exact) mass is 315 g/mol. The highest BCUT2D eigenvalue weighted by Gasteiger charge is 2.14. The van der Waals surface area contributed by atoms with Crippen LogP contribution < -0.4 is 11.1 Å². The quantitative estimate of drug-likeness (QED) is 0.837. The summed E-state index contributed by atoms with van der Waals surface area (Å²) in [6.07, 6.45) is 4.17. The van der Waals surface area contributed by atoms with Crippen LogP contribution in [0.3, 0.4) is 0 Å². The molecule has 6 heteroatoms. The van der Waals surface area contributed by atoms with E-state index in [1.54, 1.807) is 12.1 Å². The van der Waals surface area contributed by atoms with Crippen molar-refractivity contribution < 1.29 is 4.79 Å². The Morgan fingerprint density at radius 2 is 1.95 bits per heavy atom. The molecule has 1 heterocycles. The van der Waals surface area contributed by atoms with Gasteiger partial charge in [-0.1, -0.05) is 29.6 Å². The molecular weight excluding hydrogens is 297 g/mol. The second-order valence-corrected chi connectivity index (χ2v) is 5.90. The van der Waals surface area contributed by atoms with Crippen molar-refractivity contribution in [3.8, 4) is 0 Å². The Bertz CT molecular complexity index is 464. The van der Waals surface area contributed by atoms with Crippen LogP contribution in [0.25, 0.3) is 0 Å². The number of likely N-dealkylation sites (tertiary alicyclic amines) is 1. The van der Waals surface area contributed by atoms with Crippen LogP contribution in [-0.4, -0.2) is 30.4 Å². The van der Waals surface area contributed by atoms with Gasteiger partial charge in [0.15, 0.2) is 0 Å². The van der Waals surface area contributed by atoms with E-state index >= 15 is 0 Å². The van der Waals surface area contributed by atoms with E-state index in [-0.39, 0.29) is 5.91 Å². The maximum atomic E-state index is 12.0. The van der Waals surface area contributed by atoms with E-state index < -0.39 is 0 Å². The lowest BCUT2D eigenvalue weighted by Gasteiger charge is -2.26. The van der Waals surface area contributed by atoms with Crippen LogP contribution in [0.5, 0.6) is 0 Å². The molecule has 4 nitrogen and oxygen atoms in total. The number of amides is 1. The number of nitrogens with zero attached hydrogens (tertiary/aromatic N) is 1. The van der Waals surface area contributed by atoms with Crippen LogP contribution in [0.15, 0.2) is 12.1 Å². The number of piperidine rings is 1. The van der Waals surface area contributed by atoms with Crippen LogP contribution in [0, 0.1) is 0 Å². The van der Waals surface area contributed by atoms with Crippen molar-refractivity contribution in [2.75, 3.05) is 30.7 Å². The Hall–Kier alpha value is -0.970. The number of benzene rings is 1. The van der Waals surface area contributed by atoms with Gasteiger partial charge in [-0.2, -0.15) is 0 Å². The topological polar surface area (TPSA) is 58.4 Å². The number of nitrogen functional groups attached to an aromatic ring is 1. The third-order valence-electron chi connectivity index (χ3n) is 3.45. The van der Waals surface area contributed by atoms with Crippen LogP contribution in [-0.2, 0) is 4.79 Å². The van der Waals surface area contributed by atoms with Gasteiger partial charge in [0.1, 0.15) is 0 Å². The zero-order valence-electron chi connectivity index (χ0n) is 11.3. The molecule has 1 fully saturated rings. The van der Waals surface area contributed by atoms with Crippen molar-refractivity contribution >= 4 is 40.5 Å². The number of carbonyl (C=O) groups is 1. The van der Waals surface area contributed by atoms with E-state index in [0.717, 1.165) is 19.6 Å². The lowest BCUT2D eigenvalue weighted by Crippen LogP contribution is -2.32. The molecule has 0 spiro atoms. The summed E-state index contributed by atoms with van der Waals surface area (Å²) >= 11 is 11.9. The van der Waals surface area contributed by atoms with Crippen molar-refractivity contribution in [1.29, 1.82) is 0 Å². The standard InChI is InChI=1S/C14H19Cl2N3O/c15-10-8-11(16)14(12(17)9-10)18-13(20)4-7-19-5-2-1-3-6-19/h8-9H,1-7,17H2,(H,18,20). The van der Waals surface area contributed by atoms with Gasteiger partial charge in [0.05, 0.1) is 16.4 Å². The number of carbonyl (C=O) groups excluding carboxylic acids is 1. The first-order chi connectivity index (χ1) is 9.56. The summed E-state index contributed by atoms with van der Waals surface area (Å²) in [5, 5.41) is 3.58. The van der Waals surface area contributed by atoms with Crippen LogP contribution in [0.2, 0.25) is 10.0 Å². The largest absolute Gasteiger partial charge is 0.397 e. The lowest BCUT2D eigenvalue weighted by molar-refractivity contribution is -0.116. The zero-order valence-corrected chi connectivity index (χ0v) is 12.8. The van der Waals surface area contributed by atoms with E-state index in [9.17, 15) is 4.79 Å². The van der Waals surface area contributed by atoms with Crippen LogP contribution in [0.1, 0.15) is 25.7 Å². The van der Waals surface area contributed by atoms with Crippen molar-refractivity contribution in [2.45, 2.75) is 25.7 Å². The fourth-order valence-electron chi connectivity index (χ4n) is 2.37. The van der Waals surface area contributed by atoms with Crippen molar-refractivity contribution in [1.82, 2.24) is 4.90 Å². The maximum absolute atomic E-state index is 12.0. The third kappa shape index (κ3) is 4.27. The Morgan fingerprint density at radius 3 is 2.60 bits per heavy atom. The van der Waals surface area contributed by atoms with Gasteiger partial charge in [-0.15, -0.1) is 0 Å². The molecule has 20 heavy (non-hydrogen) atoms. The molecule has 1 saturated heterocycles. The number of hydrogen-bond acceptors (Lipinski definition) is 3. The predicted molar refractivity (Wildman–Crippen MR) is 84.4 cm³/mol. The Kier molecular flexibility index (Phi) is 5.52. The minimum atomic E-state index is -0.0773. The van der Waals surface area contributed by atoms with Crippen molar-refractivity contribution in [3.05, 3.63) is 22.2 Å². The van der Waals surface area contributed by atoms with Crippen LogP contribution in [0.4, 0.5) is 11.4 Å². The lowest BCUT2D eigenvalue weighted by atomic mass is 10.1. The summed E-state index contributed by atoms with van der Waals surface area (Å²) in [6, 6.07) is 3.15. The van der Waals surface area contributed by atoms with Gasteiger partial charge < -0.3 is 16.0 Å². The number of halogens is 2. The summed E-state index contributed by atoms with van der Waals surface area (Å²) in [7, 11) is 0. The average molecular weight is 316 g/mol. The third-order valence-corrected chi connectivity index (χ3v) is 3.97. The van der Waals surface area contributed by atoms with Gasteiger partial charge in [-0.05, 0) is 38.1 Å². The number of nitrogens with two attached hydrogens (primary N) is 1. The highest BCUT2D eigenvalue weighted by atomic mass is 35.5. The molecule has 1 amide bonds. The first kappa shape index (κ1) is 15.4. The molecule has 0 aliphatic carbocycles. The molecular formula is C14H19Cl2N3O. The molecule has 0 bridgehead atoms. The van der Waals surface area contributed by atoms with Gasteiger partial charge >= 0.3 is 0 Å². The molecule has 3 N–H and O–H groups in total. The number of anilines is 2. The molecule has 2 rings (SSSR count). The second-order valence-electron chi connectivity index (χ2n) is 5.05. The molecule has 1 aliphatic rings. The van der Waals surface area contributed by atoms with Crippen molar-refractivity contribution in [3.63, 3.8) is 0 Å². The SMILES string of the molecule is Nc1cc(Cl)cc(Cl)c1NC(=O)CCN1CCCCC1. The maximum Gasteiger partial charge on any atom is 0.225 e. The molecule has 0 saturated carbocycles. The first-order valence-electron chi connectivity index (χ1n) is 6.83. The fraction of sp³-hybridized carbons (Fsp3) is 0.500. The highest BCUT2D eigenvalue weighted by molar-refractivity contribution is 6.37. The Morgan fingerprint density at radius 1 is 1.25 bits per heavy atom. The summed E-state index contributed by atoms with van der Waals surface area (Å²) in [4.78, 5) is 14.3. The molecule has 0 atom stereocenters. The fourth-order valence-corrected chi connectivity index (χ4v) is 2.93. The van der Waals surface area contributed by atoms with E-state index in [0.29, 0.717) is 27.8 Å². The van der Waals surface area contributed by atoms with E-state index in [4.69, 9.17) is 28.9 Å². The van der Waals surface area contributed by atoms with E-state index in [1.807, 2.05) is 0 Å². The average Bonchev–Trinajstić information content (AvgIpc) is 2.42. The summed E-state index contributed by atoms with van der Waals surface area (Å²) in [5.41, 5.74) is 6.64. The Labute approximate surface area is 129 Å². The van der Waals surface area contributed by atoms with Gasteiger partial charge in [-0.25, -0.2) is 0 Å². The summed E-state index contributed by atoms with van der Waals surface area (Å²) in [5.74, 6) is -0.0773. The predicted octanol–water partition coefficient (Wildman–Crippen LogP) is 3.39. The number of rotatable bonds is 4. The Balaban J connectivity index is 1.88. The van der Waals surface area contributed by atoms with Gasteiger partial charge in [0, 0.05) is 18.0 Å². The normalized spacial score (nSPS) is 16.1. The minimum Gasteiger partial charge on any atom is -0.397 e. The minimum absolute atomic E-state index is 0.0773. The molecule has 1 aliphatic heterocycles. The summed E-state index contributed by atoms with van der Waals surface area (Å²) < 4.78 is 0. The zero-order chi connectivity index (χ0) is 14.5. The molecule has 0 radical (unpaired) electrons. The van der Waals surface area contributed by atoms with Gasteiger partial charge in [0.2, 0.25) is 5.91 Å². The highest BCUT2D eigenvalue weighted by Crippen LogP contribution is 2.32. The van der Waals surface area contributed by atoms with Gasteiger partial charge in [-0.3, -0.25) is 4.79 Å². The second kappa shape index (κ2) is 7.16. The van der Waals surface area contributed by atoms with E-state index in [2.05, 4.69) is 10.2 Å². The smallest absolute Gasteiger partial charge is 0.225 e. The van der Waals surface area contributed by atoms with Crippen molar-refractivity contribution in [2.24, 2.45) is 0 Å². The van der Waals surface area contributed by atoms with Gasteiger partial charge in [0.25, 0.3) is 0 Å². The molecule has 1 aromatic rings. The molecule has 110 valence electrons. The first-order valence-corrected chi connectivity index (χ1v) is 7.58. The molecule has 0 aromatic heterocycles. The number of nitrogens with one attached hydrogen (secondary N) is 1. The molecule has 1 aromatic carbocycles. The van der Waals surface area contributed by atoms with Crippen LogP contribution >= 0.6 is 23.2 Å².